The topological polar surface area (TPSA) is 46.5 Å². The first-order chi connectivity index (χ1) is 11.2. The van der Waals surface area contributed by atoms with E-state index < -0.39 is 8.32 Å². The van der Waals surface area contributed by atoms with E-state index in [-0.39, 0.29) is 28.9 Å². The van der Waals surface area contributed by atoms with Crippen LogP contribution in [0.5, 0.6) is 0 Å². The molecule has 0 spiro atoms. The van der Waals surface area contributed by atoms with E-state index in [2.05, 4.69) is 47.7 Å². The average Bonchev–Trinajstić information content (AvgIpc) is 2.43. The van der Waals surface area contributed by atoms with Gasteiger partial charge in [-0.15, -0.1) is 0 Å². The fourth-order valence-corrected chi connectivity index (χ4v) is 4.31. The van der Waals surface area contributed by atoms with Crippen LogP contribution in [0.4, 0.5) is 0 Å². The first kappa shape index (κ1) is 22.1. The number of hydrogen-bond acceptors (Lipinski definition) is 3. The number of Topliss-reactive ketones (excluding diaryl/α,β-unsaturated/α-hetero) is 1. The minimum atomic E-state index is -1.96. The van der Waals surface area contributed by atoms with Crippen LogP contribution in [0.3, 0.4) is 0 Å². The van der Waals surface area contributed by atoms with Gasteiger partial charge in [-0.2, -0.15) is 0 Å². The van der Waals surface area contributed by atoms with E-state index in [9.17, 15) is 4.79 Å². The lowest BCUT2D eigenvalue weighted by Gasteiger charge is -2.46. The summed E-state index contributed by atoms with van der Waals surface area (Å²) in [6.45, 7) is 19.4. The van der Waals surface area contributed by atoms with Crippen molar-refractivity contribution in [3.8, 4) is 0 Å². The first-order valence-electron chi connectivity index (χ1n) is 9.12. The number of allylic oxidation sites excluding steroid dienone is 4. The van der Waals surface area contributed by atoms with Gasteiger partial charge in [0.25, 0.3) is 0 Å². The maximum atomic E-state index is 12.6. The molecule has 1 aliphatic carbocycles. The highest BCUT2D eigenvalue weighted by Gasteiger charge is 2.46. The van der Waals surface area contributed by atoms with Crippen molar-refractivity contribution >= 4 is 14.1 Å². The van der Waals surface area contributed by atoms with Gasteiger partial charge in [-0.25, -0.2) is 0 Å². The number of rotatable bonds is 5. The highest BCUT2D eigenvalue weighted by molar-refractivity contribution is 6.74. The van der Waals surface area contributed by atoms with E-state index in [0.717, 1.165) is 16.7 Å². The molecule has 0 aromatic heterocycles. The number of aliphatic hydroxyl groups excluding tert-OH is 1. The van der Waals surface area contributed by atoms with E-state index in [1.54, 1.807) is 6.08 Å². The predicted octanol–water partition coefficient (Wildman–Crippen LogP) is 5.19. The monoisotopic (exact) mass is 364 g/mol. The molecule has 0 aromatic carbocycles. The zero-order valence-corrected chi connectivity index (χ0v) is 18.5. The lowest BCUT2D eigenvalue weighted by atomic mass is 9.70. The molecule has 0 fully saturated rings. The fraction of sp³-hybridized carbons (Fsp3) is 0.667. The molecule has 0 aromatic rings. The van der Waals surface area contributed by atoms with Gasteiger partial charge >= 0.3 is 0 Å². The van der Waals surface area contributed by atoms with Crippen molar-refractivity contribution < 1.29 is 14.3 Å². The highest BCUT2D eigenvalue weighted by atomic mass is 28.4. The van der Waals surface area contributed by atoms with Crippen molar-refractivity contribution in [3.63, 3.8) is 0 Å². The summed E-state index contributed by atoms with van der Waals surface area (Å²) in [5.74, 6) is 0.173. The molecule has 1 N–H and O–H groups in total. The second kappa shape index (κ2) is 7.73. The molecule has 0 unspecified atom stereocenters. The van der Waals surface area contributed by atoms with Crippen LogP contribution >= 0.6 is 0 Å². The minimum Gasteiger partial charge on any atom is -0.413 e. The molecule has 142 valence electrons. The summed E-state index contributed by atoms with van der Waals surface area (Å²) in [5.41, 5.74) is 2.62. The lowest BCUT2D eigenvalue weighted by Crippen LogP contribution is -2.50. The van der Waals surface area contributed by atoms with Gasteiger partial charge in [-0.1, -0.05) is 58.4 Å². The Morgan fingerprint density at radius 3 is 2.40 bits per heavy atom. The minimum absolute atomic E-state index is 0.0215. The molecule has 1 atom stereocenters. The van der Waals surface area contributed by atoms with Gasteiger partial charge in [0.1, 0.15) is 0 Å². The largest absolute Gasteiger partial charge is 0.413 e. The maximum Gasteiger partial charge on any atom is 0.192 e. The van der Waals surface area contributed by atoms with Crippen LogP contribution < -0.4 is 0 Å². The molecule has 25 heavy (non-hydrogen) atoms. The van der Waals surface area contributed by atoms with Crippen LogP contribution in [0.2, 0.25) is 18.1 Å². The quantitative estimate of drug-likeness (QED) is 0.539. The molecule has 4 heteroatoms. The molecule has 0 aliphatic heterocycles. The first-order valence-corrected chi connectivity index (χ1v) is 12.0. The lowest BCUT2D eigenvalue weighted by molar-refractivity contribution is -0.119. The van der Waals surface area contributed by atoms with Crippen LogP contribution in [0, 0.1) is 5.41 Å². The van der Waals surface area contributed by atoms with E-state index in [4.69, 9.17) is 9.53 Å². The third-order valence-corrected chi connectivity index (χ3v) is 10.3. The zero-order chi connectivity index (χ0) is 19.6. The number of ketones is 1. The van der Waals surface area contributed by atoms with Gasteiger partial charge in [-0.05, 0) is 43.1 Å². The van der Waals surface area contributed by atoms with Crippen LogP contribution in [-0.4, -0.2) is 31.9 Å². The SMILES string of the molecule is CC1=C(/C=C/C(C)=C/CO)C(C)(C)[C@@H](O[Si](C)(C)C(C)(C)C)CC1=O. The summed E-state index contributed by atoms with van der Waals surface area (Å²) in [7, 11) is -1.96. The van der Waals surface area contributed by atoms with Crippen molar-refractivity contribution in [2.75, 3.05) is 6.61 Å². The summed E-state index contributed by atoms with van der Waals surface area (Å²) in [6, 6.07) is 0. The summed E-state index contributed by atoms with van der Waals surface area (Å²) in [6.07, 6.45) is 6.10. The van der Waals surface area contributed by atoms with E-state index in [0.29, 0.717) is 6.42 Å². The van der Waals surface area contributed by atoms with Gasteiger partial charge in [0.05, 0.1) is 12.7 Å². The molecule has 1 aliphatic rings. The smallest absolute Gasteiger partial charge is 0.192 e. The Morgan fingerprint density at radius 1 is 1.36 bits per heavy atom. The van der Waals surface area contributed by atoms with Crippen LogP contribution in [0.15, 0.2) is 34.9 Å². The zero-order valence-electron chi connectivity index (χ0n) is 17.5. The number of carbonyl (C=O) groups excluding carboxylic acids is 1. The van der Waals surface area contributed by atoms with Crippen LogP contribution in [-0.2, 0) is 9.22 Å². The normalized spacial score (nSPS) is 22.9. The average molecular weight is 365 g/mol. The Balaban J connectivity index is 3.24. The second-order valence-corrected chi connectivity index (χ2v) is 14.0. The summed E-state index contributed by atoms with van der Waals surface area (Å²) < 4.78 is 6.66. The molecule has 0 saturated heterocycles. The fourth-order valence-electron chi connectivity index (χ4n) is 2.87. The van der Waals surface area contributed by atoms with Crippen molar-refractivity contribution in [2.45, 2.75) is 79.1 Å². The molecule has 0 heterocycles. The van der Waals surface area contributed by atoms with Gasteiger partial charge in [0.15, 0.2) is 14.1 Å². The van der Waals surface area contributed by atoms with Gasteiger partial charge < -0.3 is 9.53 Å². The Bertz CT molecular complexity index is 601. The van der Waals surface area contributed by atoms with Gasteiger partial charge in [-0.3, -0.25) is 4.79 Å². The second-order valence-electron chi connectivity index (χ2n) is 9.22. The van der Waals surface area contributed by atoms with Crippen molar-refractivity contribution in [1.82, 2.24) is 0 Å². The molecule has 0 saturated carbocycles. The summed E-state index contributed by atoms with van der Waals surface area (Å²) >= 11 is 0. The standard InChI is InChI=1S/C21H36O3Si/c1-15(12-13-22)10-11-17-16(2)18(23)14-19(21(17,6)7)24-25(8,9)20(3,4)5/h10-12,19,22H,13-14H2,1-9H3/b11-10+,15-12+/t19-/m0/s1. The van der Waals surface area contributed by atoms with E-state index in [1.807, 2.05) is 26.0 Å². The summed E-state index contributed by atoms with van der Waals surface area (Å²) in [4.78, 5) is 12.6. The molecular weight excluding hydrogens is 328 g/mol. The Labute approximate surface area is 155 Å². The van der Waals surface area contributed by atoms with Gasteiger partial charge in [0.2, 0.25) is 0 Å². The maximum absolute atomic E-state index is 12.6. The third-order valence-electron chi connectivity index (χ3n) is 5.86. The molecule has 0 amide bonds. The predicted molar refractivity (Wildman–Crippen MR) is 108 cm³/mol. The summed E-state index contributed by atoms with van der Waals surface area (Å²) in [5, 5.41) is 9.13. The molecule has 1 rings (SSSR count). The number of carbonyl (C=O) groups is 1. The van der Waals surface area contributed by atoms with Crippen LogP contribution in [0.25, 0.3) is 0 Å². The molecule has 0 bridgehead atoms. The number of hydrogen-bond donors (Lipinski definition) is 1. The van der Waals surface area contributed by atoms with Crippen molar-refractivity contribution in [2.24, 2.45) is 5.41 Å². The Kier molecular flexibility index (Phi) is 6.82. The molecule has 0 radical (unpaired) electrons. The third kappa shape index (κ3) is 5.02. The number of aliphatic hydroxyl groups is 1. The van der Waals surface area contributed by atoms with Crippen molar-refractivity contribution in [1.29, 1.82) is 0 Å². The van der Waals surface area contributed by atoms with Crippen LogP contribution in [0.1, 0.15) is 54.9 Å². The van der Waals surface area contributed by atoms with E-state index in [1.165, 1.54) is 0 Å². The highest BCUT2D eigenvalue weighted by Crippen LogP contribution is 2.46. The Morgan fingerprint density at radius 2 is 1.92 bits per heavy atom. The molecular formula is C21H36O3Si. The van der Waals surface area contributed by atoms with Crippen molar-refractivity contribution in [3.05, 3.63) is 34.9 Å². The van der Waals surface area contributed by atoms with Gasteiger partial charge in [0, 0.05) is 11.8 Å². The molecule has 3 nitrogen and oxygen atoms in total. The Hall–Kier alpha value is -0.973. The van der Waals surface area contributed by atoms with E-state index >= 15 is 0 Å².